The van der Waals surface area contributed by atoms with Gasteiger partial charge in [-0.05, 0) is 30.0 Å². The van der Waals surface area contributed by atoms with Crippen molar-refractivity contribution in [2.24, 2.45) is 5.73 Å². The molecule has 1 aliphatic carbocycles. The predicted octanol–water partition coefficient (Wildman–Crippen LogP) is 3.98. The highest BCUT2D eigenvalue weighted by atomic mass is 35.5. The van der Waals surface area contributed by atoms with E-state index < -0.39 is 17.2 Å². The number of rotatable bonds is 5. The van der Waals surface area contributed by atoms with Gasteiger partial charge in [0.25, 0.3) is 0 Å². The van der Waals surface area contributed by atoms with Gasteiger partial charge in [0.1, 0.15) is 0 Å². The molecule has 0 aliphatic heterocycles. The van der Waals surface area contributed by atoms with Gasteiger partial charge in [-0.25, -0.2) is 0 Å². The summed E-state index contributed by atoms with van der Waals surface area (Å²) in [6.45, 7) is 0.240. The lowest BCUT2D eigenvalue weighted by Crippen LogP contribution is -2.39. The number of amides is 1. The number of hydrogen-bond acceptors (Lipinski definition) is 2. The molecule has 26 heavy (non-hydrogen) atoms. The van der Waals surface area contributed by atoms with E-state index in [0.29, 0.717) is 18.4 Å². The summed E-state index contributed by atoms with van der Waals surface area (Å²) in [5.41, 5.74) is 5.77. The second-order valence-electron chi connectivity index (χ2n) is 6.39. The van der Waals surface area contributed by atoms with E-state index in [1.54, 1.807) is 6.07 Å². The van der Waals surface area contributed by atoms with Crippen LogP contribution in [0.4, 0.5) is 13.2 Å². The van der Waals surface area contributed by atoms with E-state index in [2.05, 4.69) is 5.32 Å². The van der Waals surface area contributed by atoms with Gasteiger partial charge < -0.3 is 11.1 Å². The van der Waals surface area contributed by atoms with Gasteiger partial charge in [-0.1, -0.05) is 48.5 Å². The Morgan fingerprint density at radius 1 is 1.12 bits per heavy atom. The van der Waals surface area contributed by atoms with Crippen LogP contribution in [0, 0.1) is 0 Å². The first kappa shape index (κ1) is 20.3. The smallest absolute Gasteiger partial charge is 0.353 e. The number of carbonyl (C=O) groups is 1. The van der Waals surface area contributed by atoms with Gasteiger partial charge in [0, 0.05) is 12.6 Å². The maximum atomic E-state index is 12.9. The first-order valence-electron chi connectivity index (χ1n) is 8.09. The van der Waals surface area contributed by atoms with Gasteiger partial charge in [-0.2, -0.15) is 13.2 Å². The third-order valence-electron chi connectivity index (χ3n) is 4.64. The van der Waals surface area contributed by atoms with Crippen molar-refractivity contribution in [3.8, 4) is 0 Å². The maximum absolute atomic E-state index is 12.9. The SMILES string of the molecule is Cl.NC(CNC(=O)C1(c2cccc(C(F)(F)F)c2)CC1)c1ccccc1. The Balaban J connectivity index is 0.00000243. The molecule has 7 heteroatoms. The number of carbonyl (C=O) groups excluding carboxylic acids is 1. The summed E-state index contributed by atoms with van der Waals surface area (Å²) in [6, 6.07) is 14.0. The van der Waals surface area contributed by atoms with E-state index in [-0.39, 0.29) is 30.9 Å². The topological polar surface area (TPSA) is 55.1 Å². The Morgan fingerprint density at radius 3 is 2.35 bits per heavy atom. The zero-order chi connectivity index (χ0) is 18.1. The molecule has 1 fully saturated rings. The molecule has 3 N–H and O–H groups in total. The van der Waals surface area contributed by atoms with Crippen molar-refractivity contribution in [2.45, 2.75) is 30.5 Å². The van der Waals surface area contributed by atoms with Crippen LogP contribution in [0.15, 0.2) is 54.6 Å². The minimum absolute atomic E-state index is 0. The molecule has 3 nitrogen and oxygen atoms in total. The minimum atomic E-state index is -4.42. The average molecular weight is 385 g/mol. The largest absolute Gasteiger partial charge is 0.416 e. The summed E-state index contributed by atoms with van der Waals surface area (Å²) < 4.78 is 38.7. The molecule has 0 radical (unpaired) electrons. The second kappa shape index (κ2) is 7.68. The van der Waals surface area contributed by atoms with Crippen molar-refractivity contribution in [1.82, 2.24) is 5.32 Å². The van der Waals surface area contributed by atoms with Gasteiger partial charge in [-0.15, -0.1) is 12.4 Å². The fourth-order valence-corrected chi connectivity index (χ4v) is 2.95. The third-order valence-corrected chi connectivity index (χ3v) is 4.64. The molecule has 3 rings (SSSR count). The van der Waals surface area contributed by atoms with E-state index in [1.807, 2.05) is 30.3 Å². The van der Waals surface area contributed by atoms with Crippen molar-refractivity contribution in [3.05, 3.63) is 71.3 Å². The molecule has 0 aromatic heterocycles. The molecule has 2 aromatic rings. The highest BCUT2D eigenvalue weighted by Crippen LogP contribution is 2.49. The van der Waals surface area contributed by atoms with Crippen LogP contribution < -0.4 is 11.1 Å². The lowest BCUT2D eigenvalue weighted by molar-refractivity contribution is -0.137. The number of halogens is 4. The van der Waals surface area contributed by atoms with Crippen LogP contribution in [0.5, 0.6) is 0 Å². The van der Waals surface area contributed by atoms with Crippen LogP contribution >= 0.6 is 12.4 Å². The van der Waals surface area contributed by atoms with Gasteiger partial charge in [-0.3, -0.25) is 4.79 Å². The summed E-state index contributed by atoms with van der Waals surface area (Å²) in [7, 11) is 0. The van der Waals surface area contributed by atoms with Crippen LogP contribution in [0.25, 0.3) is 0 Å². The molecular formula is C19H20ClF3N2O. The third kappa shape index (κ3) is 4.19. The molecule has 1 atom stereocenters. The molecule has 0 bridgehead atoms. The zero-order valence-electron chi connectivity index (χ0n) is 13.9. The van der Waals surface area contributed by atoms with E-state index in [1.165, 1.54) is 6.07 Å². The monoisotopic (exact) mass is 384 g/mol. The predicted molar refractivity (Wildman–Crippen MR) is 96.0 cm³/mol. The highest BCUT2D eigenvalue weighted by Gasteiger charge is 2.51. The standard InChI is InChI=1S/C19H19F3N2O.ClH/c20-19(21,22)15-8-4-7-14(11-15)18(9-10-18)17(25)24-12-16(23)13-5-2-1-3-6-13;/h1-8,11,16H,9-10,12,23H2,(H,24,25);1H. The average Bonchev–Trinajstić information content (AvgIpc) is 3.41. The Kier molecular flexibility index (Phi) is 5.98. The molecule has 1 saturated carbocycles. The second-order valence-corrected chi connectivity index (χ2v) is 6.39. The van der Waals surface area contributed by atoms with E-state index >= 15 is 0 Å². The molecule has 0 spiro atoms. The quantitative estimate of drug-likeness (QED) is 0.819. The molecule has 1 aliphatic rings. The van der Waals surface area contributed by atoms with E-state index in [9.17, 15) is 18.0 Å². The van der Waals surface area contributed by atoms with Crippen LogP contribution in [0.3, 0.4) is 0 Å². The lowest BCUT2D eigenvalue weighted by atomic mass is 9.93. The fraction of sp³-hybridized carbons (Fsp3) is 0.316. The maximum Gasteiger partial charge on any atom is 0.416 e. The van der Waals surface area contributed by atoms with Gasteiger partial charge in [0.05, 0.1) is 11.0 Å². The van der Waals surface area contributed by atoms with Crippen LogP contribution in [-0.4, -0.2) is 12.5 Å². The highest BCUT2D eigenvalue weighted by molar-refractivity contribution is 5.91. The Hall–Kier alpha value is -2.05. The van der Waals surface area contributed by atoms with Crippen LogP contribution in [-0.2, 0) is 16.4 Å². The van der Waals surface area contributed by atoms with Gasteiger partial charge in [0.2, 0.25) is 5.91 Å². The van der Waals surface area contributed by atoms with Gasteiger partial charge >= 0.3 is 6.18 Å². The number of alkyl halides is 3. The Bertz CT molecular complexity index is 761. The van der Waals surface area contributed by atoms with Crippen LogP contribution in [0.2, 0.25) is 0 Å². The van der Waals surface area contributed by atoms with E-state index in [0.717, 1.165) is 17.7 Å². The summed E-state index contributed by atoms with van der Waals surface area (Å²) in [5.74, 6) is -0.266. The summed E-state index contributed by atoms with van der Waals surface area (Å²) in [4.78, 5) is 12.6. The van der Waals surface area contributed by atoms with Crippen LogP contribution in [0.1, 0.15) is 35.6 Å². The number of nitrogens with two attached hydrogens (primary N) is 1. The number of benzene rings is 2. The van der Waals surface area contributed by atoms with E-state index in [4.69, 9.17) is 5.73 Å². The number of hydrogen-bond donors (Lipinski definition) is 2. The van der Waals surface area contributed by atoms with Crippen molar-refractivity contribution in [2.75, 3.05) is 6.54 Å². The summed E-state index contributed by atoms with van der Waals surface area (Å²) >= 11 is 0. The zero-order valence-corrected chi connectivity index (χ0v) is 14.7. The van der Waals surface area contributed by atoms with Gasteiger partial charge in [0.15, 0.2) is 0 Å². The molecular weight excluding hydrogens is 365 g/mol. The lowest BCUT2D eigenvalue weighted by Gasteiger charge is -2.19. The first-order chi connectivity index (χ1) is 11.8. The Labute approximate surface area is 156 Å². The molecule has 0 saturated heterocycles. The number of nitrogens with one attached hydrogen (secondary N) is 1. The molecule has 0 heterocycles. The van der Waals surface area contributed by atoms with Crippen molar-refractivity contribution >= 4 is 18.3 Å². The summed E-state index contributed by atoms with van der Waals surface area (Å²) in [5, 5.41) is 2.80. The first-order valence-corrected chi connectivity index (χ1v) is 8.09. The molecule has 2 aromatic carbocycles. The minimum Gasteiger partial charge on any atom is -0.353 e. The molecule has 1 amide bonds. The Morgan fingerprint density at radius 2 is 1.77 bits per heavy atom. The normalized spacial score (nSPS) is 16.3. The van der Waals surface area contributed by atoms with Crippen molar-refractivity contribution in [1.29, 1.82) is 0 Å². The van der Waals surface area contributed by atoms with Crippen molar-refractivity contribution < 1.29 is 18.0 Å². The van der Waals surface area contributed by atoms with Crippen molar-refractivity contribution in [3.63, 3.8) is 0 Å². The summed E-state index contributed by atoms with van der Waals surface area (Å²) in [6.07, 6.45) is -3.33. The fourth-order valence-electron chi connectivity index (χ4n) is 2.95. The molecule has 140 valence electrons. The molecule has 1 unspecified atom stereocenters.